The van der Waals surface area contributed by atoms with Crippen LogP contribution in [0.4, 0.5) is 0 Å². The van der Waals surface area contributed by atoms with Gasteiger partial charge in [-0.15, -0.1) is 0 Å². The van der Waals surface area contributed by atoms with Gasteiger partial charge in [0.05, 0.1) is 27.4 Å². The number of carboxylic acids is 2. The number of methoxy groups -OCH3 is 3. The molecule has 0 spiro atoms. The molecule has 0 unspecified atom stereocenters. The number of nitrogens with zero attached hydrogens (tertiary/aromatic N) is 2. The molecule has 2 aromatic rings. The van der Waals surface area contributed by atoms with Gasteiger partial charge < -0.3 is 39.0 Å². The predicted octanol–water partition coefficient (Wildman–Crippen LogP) is 4.56. The highest BCUT2D eigenvalue weighted by Crippen LogP contribution is 2.33. The molecule has 0 aliphatic heterocycles. The first-order valence-corrected chi connectivity index (χ1v) is 14.2. The molecular weight excluding hydrogens is 544 g/mol. The Morgan fingerprint density at radius 1 is 0.786 bits per heavy atom. The number of ether oxygens (including phenoxy) is 4. The highest BCUT2D eigenvalue weighted by molar-refractivity contribution is 6.27. The van der Waals surface area contributed by atoms with Crippen LogP contribution in [0.5, 0.6) is 23.0 Å². The zero-order valence-corrected chi connectivity index (χ0v) is 25.3. The minimum Gasteiger partial charge on any atom is -0.493 e. The van der Waals surface area contributed by atoms with Crippen LogP contribution in [0.15, 0.2) is 36.4 Å². The Kier molecular flexibility index (Phi) is 14.5. The van der Waals surface area contributed by atoms with Crippen LogP contribution >= 0.6 is 0 Å². The van der Waals surface area contributed by atoms with Crippen molar-refractivity contribution in [2.45, 2.75) is 58.6 Å². The van der Waals surface area contributed by atoms with Gasteiger partial charge in [0.1, 0.15) is 0 Å². The summed E-state index contributed by atoms with van der Waals surface area (Å²) < 4.78 is 22.6. The van der Waals surface area contributed by atoms with E-state index in [4.69, 9.17) is 38.7 Å². The molecular formula is C31H44N2O9. The minimum absolute atomic E-state index is 0.0374. The van der Waals surface area contributed by atoms with Crippen LogP contribution < -0.4 is 18.9 Å². The highest BCUT2D eigenvalue weighted by Gasteiger charge is 2.21. The largest absolute Gasteiger partial charge is 0.493 e. The number of benzene rings is 2. The van der Waals surface area contributed by atoms with Crippen LogP contribution in [0.25, 0.3) is 0 Å². The molecule has 1 saturated carbocycles. The monoisotopic (exact) mass is 588 g/mol. The summed E-state index contributed by atoms with van der Waals surface area (Å²) in [5, 5.41) is 14.8. The van der Waals surface area contributed by atoms with Gasteiger partial charge in [-0.1, -0.05) is 19.9 Å². The number of carbonyl (C=O) groups is 3. The predicted molar refractivity (Wildman–Crippen MR) is 158 cm³/mol. The molecule has 0 radical (unpaired) electrons. The van der Waals surface area contributed by atoms with Gasteiger partial charge in [0.25, 0.3) is 5.91 Å². The lowest BCUT2D eigenvalue weighted by atomic mass is 10.1. The van der Waals surface area contributed by atoms with Gasteiger partial charge in [-0.2, -0.15) is 0 Å². The maximum Gasteiger partial charge on any atom is 0.414 e. The first-order valence-electron chi connectivity index (χ1n) is 14.2. The molecule has 0 heterocycles. The van der Waals surface area contributed by atoms with Gasteiger partial charge in [0, 0.05) is 18.7 Å². The highest BCUT2D eigenvalue weighted by atomic mass is 16.5. The van der Waals surface area contributed by atoms with Crippen molar-refractivity contribution in [2.75, 3.05) is 47.5 Å². The van der Waals surface area contributed by atoms with Crippen molar-refractivity contribution in [3.63, 3.8) is 0 Å². The lowest BCUT2D eigenvalue weighted by Gasteiger charge is -2.26. The summed E-state index contributed by atoms with van der Waals surface area (Å²) in [6.45, 7) is 8.41. The molecule has 1 aliphatic rings. The molecule has 1 fully saturated rings. The van der Waals surface area contributed by atoms with Crippen LogP contribution in [-0.2, 0) is 16.1 Å². The second kappa shape index (κ2) is 17.7. The summed E-state index contributed by atoms with van der Waals surface area (Å²) in [5.41, 5.74) is 1.59. The molecule has 2 aromatic carbocycles. The molecule has 2 N–H and O–H groups in total. The summed E-state index contributed by atoms with van der Waals surface area (Å²) in [4.78, 5) is 36.2. The SMILES string of the molecule is CCN(CC)CCCN(Cc1ccc(OC)c(OC2CCCC2)c1)C(=O)c1ccc(OC)c(OC)c1.O=C(O)C(=O)O. The van der Waals surface area contributed by atoms with Crippen molar-refractivity contribution in [3.05, 3.63) is 47.5 Å². The van der Waals surface area contributed by atoms with E-state index in [1.165, 1.54) is 12.8 Å². The fourth-order valence-corrected chi connectivity index (χ4v) is 4.75. The van der Waals surface area contributed by atoms with Crippen LogP contribution in [0.2, 0.25) is 0 Å². The molecule has 0 aromatic heterocycles. The van der Waals surface area contributed by atoms with Crippen molar-refractivity contribution in [2.24, 2.45) is 0 Å². The molecule has 3 rings (SSSR count). The third-order valence-corrected chi connectivity index (χ3v) is 7.09. The molecule has 232 valence electrons. The average molecular weight is 589 g/mol. The van der Waals surface area contributed by atoms with Crippen LogP contribution in [0, 0.1) is 0 Å². The first-order chi connectivity index (χ1) is 20.2. The summed E-state index contributed by atoms with van der Waals surface area (Å²) >= 11 is 0. The smallest absolute Gasteiger partial charge is 0.414 e. The van der Waals surface area contributed by atoms with E-state index in [9.17, 15) is 4.79 Å². The maximum atomic E-state index is 13.7. The normalized spacial score (nSPS) is 12.7. The van der Waals surface area contributed by atoms with E-state index in [1.807, 2.05) is 23.1 Å². The standard InChI is InChI=1S/C29H42N2O5.C2H2O4/c1-6-30(7-2)17-10-18-31(29(32)23-14-16-25(33-3)27(20-23)35-5)21-22-13-15-26(34-4)28(19-22)36-24-11-8-9-12-24;3-1(4)2(5)6/h13-16,19-20,24H,6-12,17-18,21H2,1-5H3;(H,3,4)(H,5,6). The molecule has 1 amide bonds. The Hall–Kier alpha value is -3.99. The number of hydrogen-bond acceptors (Lipinski definition) is 8. The number of carboxylic acid groups (broad SMARTS) is 2. The van der Waals surface area contributed by atoms with E-state index in [1.54, 1.807) is 39.5 Å². The number of aliphatic carboxylic acids is 2. The maximum absolute atomic E-state index is 13.7. The minimum atomic E-state index is -1.82. The fourth-order valence-electron chi connectivity index (χ4n) is 4.75. The van der Waals surface area contributed by atoms with Crippen molar-refractivity contribution in [3.8, 4) is 23.0 Å². The molecule has 0 saturated heterocycles. The zero-order valence-electron chi connectivity index (χ0n) is 25.3. The second-order valence-corrected chi connectivity index (χ2v) is 9.80. The quantitative estimate of drug-likeness (QED) is 0.302. The van der Waals surface area contributed by atoms with Gasteiger partial charge in [-0.25, -0.2) is 9.59 Å². The molecule has 1 aliphatic carbocycles. The Bertz CT molecular complexity index is 1150. The number of rotatable bonds is 14. The number of hydrogen-bond donors (Lipinski definition) is 2. The summed E-state index contributed by atoms with van der Waals surface area (Å²) in [6.07, 6.45) is 5.67. The van der Waals surface area contributed by atoms with E-state index in [2.05, 4.69) is 18.7 Å². The van der Waals surface area contributed by atoms with Gasteiger partial charge in [0.2, 0.25) is 0 Å². The van der Waals surface area contributed by atoms with Crippen molar-refractivity contribution < 1.29 is 43.5 Å². The van der Waals surface area contributed by atoms with Crippen LogP contribution in [0.1, 0.15) is 61.9 Å². The van der Waals surface area contributed by atoms with Crippen LogP contribution in [0.3, 0.4) is 0 Å². The molecule has 11 nitrogen and oxygen atoms in total. The Morgan fingerprint density at radius 2 is 1.36 bits per heavy atom. The third-order valence-electron chi connectivity index (χ3n) is 7.09. The third kappa shape index (κ3) is 10.4. The Labute approximate surface area is 247 Å². The van der Waals surface area contributed by atoms with E-state index in [0.717, 1.165) is 56.0 Å². The van der Waals surface area contributed by atoms with Crippen molar-refractivity contribution in [1.82, 2.24) is 9.80 Å². The second-order valence-electron chi connectivity index (χ2n) is 9.80. The van der Waals surface area contributed by atoms with Gasteiger partial charge in [0.15, 0.2) is 23.0 Å². The Balaban J connectivity index is 0.000000928. The Morgan fingerprint density at radius 3 is 1.90 bits per heavy atom. The van der Waals surface area contributed by atoms with Gasteiger partial charge in [-0.05, 0) is 87.6 Å². The van der Waals surface area contributed by atoms with E-state index < -0.39 is 11.9 Å². The van der Waals surface area contributed by atoms with Gasteiger partial charge >= 0.3 is 11.9 Å². The summed E-state index contributed by atoms with van der Waals surface area (Å²) in [7, 11) is 4.83. The lowest BCUT2D eigenvalue weighted by Crippen LogP contribution is -2.34. The van der Waals surface area contributed by atoms with Crippen molar-refractivity contribution in [1.29, 1.82) is 0 Å². The molecule has 0 atom stereocenters. The van der Waals surface area contributed by atoms with Crippen LogP contribution in [-0.4, -0.2) is 91.5 Å². The fraction of sp³-hybridized carbons (Fsp3) is 0.516. The van der Waals surface area contributed by atoms with E-state index in [0.29, 0.717) is 30.2 Å². The van der Waals surface area contributed by atoms with Crippen molar-refractivity contribution >= 4 is 17.8 Å². The van der Waals surface area contributed by atoms with Gasteiger partial charge in [-0.3, -0.25) is 4.79 Å². The number of carbonyl (C=O) groups excluding carboxylic acids is 1. The summed E-state index contributed by atoms with van der Waals surface area (Å²) in [6, 6.07) is 11.3. The van der Waals surface area contributed by atoms with E-state index in [-0.39, 0.29) is 12.0 Å². The molecule has 0 bridgehead atoms. The number of amides is 1. The first kappa shape index (κ1) is 34.2. The zero-order chi connectivity index (χ0) is 31.1. The topological polar surface area (TPSA) is 135 Å². The average Bonchev–Trinajstić information content (AvgIpc) is 3.51. The molecule has 11 heteroatoms. The van der Waals surface area contributed by atoms with E-state index >= 15 is 0 Å². The summed E-state index contributed by atoms with van der Waals surface area (Å²) in [5.74, 6) is -1.06. The molecule has 42 heavy (non-hydrogen) atoms. The lowest BCUT2D eigenvalue weighted by molar-refractivity contribution is -0.159.